The van der Waals surface area contributed by atoms with Gasteiger partial charge in [-0.2, -0.15) is 0 Å². The van der Waals surface area contributed by atoms with E-state index in [0.29, 0.717) is 23.6 Å². The van der Waals surface area contributed by atoms with Gasteiger partial charge in [0.15, 0.2) is 0 Å². The number of rotatable bonds is 7. The lowest BCUT2D eigenvalue weighted by Gasteiger charge is -2.22. The first-order valence-electron chi connectivity index (χ1n) is 8.90. The summed E-state index contributed by atoms with van der Waals surface area (Å²) in [7, 11) is -3.45. The van der Waals surface area contributed by atoms with Crippen molar-refractivity contribution >= 4 is 21.7 Å². The van der Waals surface area contributed by atoms with Gasteiger partial charge in [-0.25, -0.2) is 23.2 Å². The van der Waals surface area contributed by atoms with Gasteiger partial charge in [0.05, 0.1) is 29.7 Å². The fraction of sp³-hybridized carbons (Fsp3) is 0.190. The summed E-state index contributed by atoms with van der Waals surface area (Å²) in [6.07, 6.45) is 2.91. The minimum absolute atomic E-state index is 0.0776. The summed E-state index contributed by atoms with van der Waals surface area (Å²) in [4.78, 5) is 19.4. The van der Waals surface area contributed by atoms with Crippen molar-refractivity contribution in [3.63, 3.8) is 0 Å². The van der Waals surface area contributed by atoms with Gasteiger partial charge in [0.1, 0.15) is 5.82 Å². The maximum atomic E-state index is 12.3. The van der Waals surface area contributed by atoms with Crippen LogP contribution in [0.4, 0.5) is 5.69 Å². The molecule has 1 aromatic heterocycles. The van der Waals surface area contributed by atoms with Gasteiger partial charge in [-0.15, -0.1) is 0 Å². The van der Waals surface area contributed by atoms with Crippen LogP contribution in [-0.4, -0.2) is 35.7 Å². The van der Waals surface area contributed by atoms with Crippen molar-refractivity contribution in [2.75, 3.05) is 10.6 Å². The number of carbonyl (C=O) groups is 1. The molecule has 0 unspecified atom stereocenters. The van der Waals surface area contributed by atoms with E-state index in [-0.39, 0.29) is 12.1 Å². The van der Waals surface area contributed by atoms with Crippen molar-refractivity contribution in [2.45, 2.75) is 19.9 Å². The normalized spacial score (nSPS) is 11.2. The first kappa shape index (κ1) is 20.5. The minimum atomic E-state index is -3.45. The van der Waals surface area contributed by atoms with Crippen molar-refractivity contribution in [3.05, 3.63) is 89.0 Å². The van der Waals surface area contributed by atoms with E-state index in [4.69, 9.17) is 5.11 Å². The van der Waals surface area contributed by atoms with Crippen molar-refractivity contribution in [3.8, 4) is 0 Å². The minimum Gasteiger partial charge on any atom is -0.478 e. The zero-order valence-corrected chi connectivity index (χ0v) is 16.9. The van der Waals surface area contributed by atoms with Crippen LogP contribution in [-0.2, 0) is 23.0 Å². The Balaban J connectivity index is 1.80. The highest BCUT2D eigenvalue weighted by molar-refractivity contribution is 7.92. The van der Waals surface area contributed by atoms with Crippen LogP contribution in [0.25, 0.3) is 0 Å². The Morgan fingerprint density at radius 3 is 2.24 bits per heavy atom. The molecule has 7 nitrogen and oxygen atoms in total. The smallest absolute Gasteiger partial charge is 0.339 e. The van der Waals surface area contributed by atoms with E-state index in [1.54, 1.807) is 19.1 Å². The van der Waals surface area contributed by atoms with Crippen molar-refractivity contribution in [2.24, 2.45) is 0 Å². The van der Waals surface area contributed by atoms with Crippen LogP contribution in [0.5, 0.6) is 0 Å². The molecule has 2 aromatic carbocycles. The van der Waals surface area contributed by atoms with Crippen LogP contribution >= 0.6 is 0 Å². The molecule has 0 saturated heterocycles. The van der Waals surface area contributed by atoms with Gasteiger partial charge in [0, 0.05) is 12.6 Å². The monoisotopic (exact) mass is 411 g/mol. The standard InChI is InChI=1S/C21H21N3O4S/c1-15-19(21(25)26)13-22-20(23-15)12-16-8-10-18(11-9-16)24(29(2,27)28)14-17-6-4-3-5-7-17/h3-11,13H,12,14H2,1-2H3,(H,25,26). The maximum absolute atomic E-state index is 12.3. The fourth-order valence-corrected chi connectivity index (χ4v) is 3.81. The van der Waals surface area contributed by atoms with Crippen LogP contribution in [0, 0.1) is 6.92 Å². The van der Waals surface area contributed by atoms with E-state index < -0.39 is 16.0 Å². The lowest BCUT2D eigenvalue weighted by atomic mass is 10.1. The summed E-state index contributed by atoms with van der Waals surface area (Å²) < 4.78 is 25.9. The molecule has 1 heterocycles. The van der Waals surface area contributed by atoms with Gasteiger partial charge in [0.2, 0.25) is 10.0 Å². The van der Waals surface area contributed by atoms with Gasteiger partial charge in [-0.1, -0.05) is 42.5 Å². The zero-order chi connectivity index (χ0) is 21.0. The molecule has 1 N–H and O–H groups in total. The Kier molecular flexibility index (Phi) is 5.93. The molecule has 0 amide bonds. The number of carboxylic acids is 1. The van der Waals surface area contributed by atoms with E-state index in [9.17, 15) is 13.2 Å². The number of anilines is 1. The van der Waals surface area contributed by atoms with Gasteiger partial charge in [-0.05, 0) is 30.2 Å². The highest BCUT2D eigenvalue weighted by Crippen LogP contribution is 2.22. The molecule has 3 aromatic rings. The zero-order valence-electron chi connectivity index (χ0n) is 16.1. The number of aryl methyl sites for hydroxylation is 1. The summed E-state index contributed by atoms with van der Waals surface area (Å²) in [6.45, 7) is 1.88. The molecular formula is C21H21N3O4S. The SMILES string of the molecule is Cc1nc(Cc2ccc(N(Cc3ccccc3)S(C)(=O)=O)cc2)ncc1C(=O)O. The predicted molar refractivity (Wildman–Crippen MR) is 110 cm³/mol. The molecule has 0 spiro atoms. The van der Waals surface area contributed by atoms with E-state index in [2.05, 4.69) is 9.97 Å². The number of sulfonamides is 1. The summed E-state index contributed by atoms with van der Waals surface area (Å²) in [5, 5.41) is 9.07. The number of carboxylic acid groups (broad SMARTS) is 1. The Labute approximate surface area is 169 Å². The van der Waals surface area contributed by atoms with Crippen molar-refractivity contribution < 1.29 is 18.3 Å². The first-order valence-corrected chi connectivity index (χ1v) is 10.8. The lowest BCUT2D eigenvalue weighted by molar-refractivity contribution is 0.0695. The second-order valence-electron chi connectivity index (χ2n) is 6.69. The second-order valence-corrected chi connectivity index (χ2v) is 8.60. The van der Waals surface area contributed by atoms with E-state index in [0.717, 1.165) is 11.1 Å². The molecule has 0 fully saturated rings. The number of hydrogen-bond donors (Lipinski definition) is 1. The van der Waals surface area contributed by atoms with Crippen molar-refractivity contribution in [1.82, 2.24) is 9.97 Å². The molecule has 0 atom stereocenters. The van der Waals surface area contributed by atoms with E-state index >= 15 is 0 Å². The molecule has 29 heavy (non-hydrogen) atoms. The molecular weight excluding hydrogens is 390 g/mol. The first-order chi connectivity index (χ1) is 13.7. The van der Waals surface area contributed by atoms with Crippen LogP contribution in [0.3, 0.4) is 0 Å². The highest BCUT2D eigenvalue weighted by atomic mass is 32.2. The number of benzene rings is 2. The summed E-state index contributed by atoms with van der Waals surface area (Å²) in [5.74, 6) is -0.554. The summed E-state index contributed by atoms with van der Waals surface area (Å²) in [6, 6.07) is 16.5. The third-order valence-corrected chi connectivity index (χ3v) is 5.56. The second kappa shape index (κ2) is 8.40. The topological polar surface area (TPSA) is 100 Å². The van der Waals surface area contributed by atoms with Gasteiger partial charge in [-0.3, -0.25) is 4.31 Å². The summed E-state index contributed by atoms with van der Waals surface area (Å²) in [5.41, 5.74) is 2.84. The number of aromatic carboxylic acids is 1. The summed E-state index contributed by atoms with van der Waals surface area (Å²) >= 11 is 0. The maximum Gasteiger partial charge on any atom is 0.339 e. The van der Waals surface area contributed by atoms with Gasteiger partial charge >= 0.3 is 5.97 Å². The predicted octanol–water partition coefficient (Wildman–Crippen LogP) is 3.04. The molecule has 150 valence electrons. The Morgan fingerprint density at radius 2 is 1.69 bits per heavy atom. The molecule has 8 heteroatoms. The average molecular weight is 411 g/mol. The molecule has 0 radical (unpaired) electrons. The van der Waals surface area contributed by atoms with Crippen molar-refractivity contribution in [1.29, 1.82) is 0 Å². The lowest BCUT2D eigenvalue weighted by Crippen LogP contribution is -2.29. The molecule has 0 bridgehead atoms. The van der Waals surface area contributed by atoms with Crippen LogP contribution < -0.4 is 4.31 Å². The third kappa shape index (κ3) is 5.17. The van der Waals surface area contributed by atoms with E-state index in [1.807, 2.05) is 42.5 Å². The molecule has 3 rings (SSSR count). The Morgan fingerprint density at radius 1 is 1.03 bits per heavy atom. The number of hydrogen-bond acceptors (Lipinski definition) is 5. The molecule has 0 saturated carbocycles. The third-order valence-electron chi connectivity index (χ3n) is 4.42. The molecule has 0 aliphatic carbocycles. The average Bonchev–Trinajstić information content (AvgIpc) is 2.67. The fourth-order valence-electron chi connectivity index (χ4n) is 2.92. The quantitative estimate of drug-likeness (QED) is 0.641. The van der Waals surface area contributed by atoms with Gasteiger partial charge in [0.25, 0.3) is 0 Å². The van der Waals surface area contributed by atoms with Gasteiger partial charge < -0.3 is 5.11 Å². The van der Waals surface area contributed by atoms with Crippen LogP contribution in [0.1, 0.15) is 33.0 Å². The number of nitrogens with zero attached hydrogens (tertiary/aromatic N) is 3. The van der Waals surface area contributed by atoms with Crippen LogP contribution in [0.2, 0.25) is 0 Å². The largest absolute Gasteiger partial charge is 0.478 e. The highest BCUT2D eigenvalue weighted by Gasteiger charge is 2.18. The van der Waals surface area contributed by atoms with Crippen LogP contribution in [0.15, 0.2) is 60.8 Å². The molecule has 0 aliphatic rings. The molecule has 0 aliphatic heterocycles. The Bertz CT molecular complexity index is 1110. The Hall–Kier alpha value is -3.26. The number of aromatic nitrogens is 2. The van der Waals surface area contributed by atoms with E-state index in [1.165, 1.54) is 16.8 Å².